The van der Waals surface area contributed by atoms with E-state index in [1.165, 1.54) is 47.4 Å². The van der Waals surface area contributed by atoms with E-state index in [0.717, 1.165) is 23.5 Å². The lowest BCUT2D eigenvalue weighted by molar-refractivity contribution is 0.626. The van der Waals surface area contributed by atoms with Crippen molar-refractivity contribution in [3.05, 3.63) is 40.5 Å². The van der Waals surface area contributed by atoms with Crippen LogP contribution in [-0.4, -0.2) is 14.6 Å². The molecular weight excluding hydrogens is 302 g/mol. The second-order valence-corrected chi connectivity index (χ2v) is 7.49. The molecule has 0 bridgehead atoms. The van der Waals surface area contributed by atoms with Crippen molar-refractivity contribution in [2.24, 2.45) is 0 Å². The molecule has 0 radical (unpaired) electrons. The summed E-state index contributed by atoms with van der Waals surface area (Å²) in [4.78, 5) is 5.84. The fourth-order valence-electron chi connectivity index (χ4n) is 3.55. The Hall–Kier alpha value is -1.68. The maximum atomic E-state index is 4.82. The van der Waals surface area contributed by atoms with Crippen molar-refractivity contribution >= 4 is 16.3 Å². The number of rotatable bonds is 4. The molecule has 3 aromatic rings. The van der Waals surface area contributed by atoms with Crippen LogP contribution >= 0.6 is 11.3 Å². The lowest BCUT2D eigenvalue weighted by Gasteiger charge is -2.15. The average Bonchev–Trinajstić information content (AvgIpc) is 3.14. The predicted octanol–water partition coefficient (Wildman–Crippen LogP) is 5.24. The highest BCUT2D eigenvalue weighted by Gasteiger charge is 2.16. The quantitative estimate of drug-likeness (QED) is 0.656. The normalized spacial score (nSPS) is 14.6. The van der Waals surface area contributed by atoms with Gasteiger partial charge >= 0.3 is 0 Å². The average molecular weight is 325 g/mol. The molecule has 0 amide bonds. The van der Waals surface area contributed by atoms with Gasteiger partial charge in [0.15, 0.2) is 0 Å². The van der Waals surface area contributed by atoms with Gasteiger partial charge in [0.1, 0.15) is 5.01 Å². The van der Waals surface area contributed by atoms with Crippen molar-refractivity contribution in [3.63, 3.8) is 0 Å². The van der Waals surface area contributed by atoms with Gasteiger partial charge in [-0.25, -0.2) is 9.50 Å². The molecule has 0 atom stereocenters. The Labute approximate surface area is 141 Å². The zero-order valence-corrected chi connectivity index (χ0v) is 14.7. The topological polar surface area (TPSA) is 30.2 Å². The highest BCUT2D eigenvalue weighted by Crippen LogP contribution is 2.31. The van der Waals surface area contributed by atoms with E-state index in [4.69, 9.17) is 10.1 Å². The van der Waals surface area contributed by atoms with Gasteiger partial charge in [0, 0.05) is 11.5 Å². The number of aromatic nitrogens is 3. The summed E-state index contributed by atoms with van der Waals surface area (Å²) in [7, 11) is 0. The Kier molecular flexibility index (Phi) is 3.93. The standard InChI is InChI=1S/C19H23N3S/c1-3-13(4-2)18-21-22-12-17(20-19(22)23-18)16-10-9-14-7-5-6-8-15(14)11-16/h9-13H,3-8H2,1-2H3. The molecule has 120 valence electrons. The van der Waals surface area contributed by atoms with Crippen LogP contribution < -0.4 is 0 Å². The second kappa shape index (κ2) is 6.08. The van der Waals surface area contributed by atoms with E-state index in [-0.39, 0.29) is 0 Å². The maximum Gasteiger partial charge on any atom is 0.212 e. The molecule has 0 saturated carbocycles. The second-order valence-electron chi connectivity index (χ2n) is 6.50. The van der Waals surface area contributed by atoms with Crippen LogP contribution in [0.15, 0.2) is 24.4 Å². The Morgan fingerprint density at radius 2 is 1.91 bits per heavy atom. The Bertz CT molecular complexity index is 795. The SMILES string of the molecule is CCC(CC)c1nn2cc(-c3ccc4c(c3)CCCC4)nc2s1. The van der Waals surface area contributed by atoms with Crippen LogP contribution in [0.2, 0.25) is 0 Å². The zero-order chi connectivity index (χ0) is 15.8. The van der Waals surface area contributed by atoms with Gasteiger partial charge in [0.2, 0.25) is 4.96 Å². The van der Waals surface area contributed by atoms with E-state index >= 15 is 0 Å². The van der Waals surface area contributed by atoms with Crippen molar-refractivity contribution in [1.29, 1.82) is 0 Å². The highest BCUT2D eigenvalue weighted by atomic mass is 32.1. The van der Waals surface area contributed by atoms with Gasteiger partial charge in [0.25, 0.3) is 0 Å². The van der Waals surface area contributed by atoms with Crippen LogP contribution in [0, 0.1) is 0 Å². The summed E-state index contributed by atoms with van der Waals surface area (Å²) in [6, 6.07) is 6.85. The van der Waals surface area contributed by atoms with Crippen LogP contribution in [0.5, 0.6) is 0 Å². The number of aryl methyl sites for hydroxylation is 2. The third kappa shape index (κ3) is 2.69. The van der Waals surface area contributed by atoms with Crippen molar-refractivity contribution in [2.45, 2.75) is 58.3 Å². The molecule has 4 rings (SSSR count). The van der Waals surface area contributed by atoms with Gasteiger partial charge < -0.3 is 0 Å². The number of nitrogens with zero attached hydrogens (tertiary/aromatic N) is 3. The summed E-state index contributed by atoms with van der Waals surface area (Å²) in [6.45, 7) is 4.47. The molecule has 0 N–H and O–H groups in total. The van der Waals surface area contributed by atoms with Crippen molar-refractivity contribution < 1.29 is 0 Å². The molecule has 23 heavy (non-hydrogen) atoms. The largest absolute Gasteiger partial charge is 0.217 e. The molecular formula is C19H23N3S. The first-order chi connectivity index (χ1) is 11.3. The number of hydrogen-bond acceptors (Lipinski definition) is 3. The molecule has 0 fully saturated rings. The first kappa shape index (κ1) is 14.9. The van der Waals surface area contributed by atoms with Crippen LogP contribution in [0.1, 0.15) is 61.6 Å². The smallest absolute Gasteiger partial charge is 0.212 e. The third-order valence-electron chi connectivity index (χ3n) is 5.04. The molecule has 1 aliphatic rings. The van der Waals surface area contributed by atoms with Crippen molar-refractivity contribution in [1.82, 2.24) is 14.6 Å². The Morgan fingerprint density at radius 1 is 1.13 bits per heavy atom. The van der Waals surface area contributed by atoms with Gasteiger partial charge in [-0.05, 0) is 55.7 Å². The van der Waals surface area contributed by atoms with Crippen LogP contribution in [-0.2, 0) is 12.8 Å². The summed E-state index contributed by atoms with van der Waals surface area (Å²) in [6.07, 6.45) is 9.46. The van der Waals surface area contributed by atoms with Gasteiger partial charge in [-0.15, -0.1) is 0 Å². The highest BCUT2D eigenvalue weighted by molar-refractivity contribution is 7.16. The fraction of sp³-hybridized carbons (Fsp3) is 0.474. The number of benzene rings is 1. The van der Waals surface area contributed by atoms with E-state index in [1.54, 1.807) is 11.3 Å². The first-order valence-electron chi connectivity index (χ1n) is 8.76. The van der Waals surface area contributed by atoms with Crippen molar-refractivity contribution in [2.75, 3.05) is 0 Å². The minimum atomic E-state index is 0.564. The molecule has 1 aliphatic carbocycles. The molecule has 0 aliphatic heterocycles. The summed E-state index contributed by atoms with van der Waals surface area (Å²) >= 11 is 1.74. The zero-order valence-electron chi connectivity index (χ0n) is 13.9. The monoisotopic (exact) mass is 325 g/mol. The first-order valence-corrected chi connectivity index (χ1v) is 9.58. The molecule has 2 heterocycles. The predicted molar refractivity (Wildman–Crippen MR) is 96.3 cm³/mol. The van der Waals surface area contributed by atoms with E-state index in [9.17, 15) is 0 Å². The van der Waals surface area contributed by atoms with Crippen LogP contribution in [0.25, 0.3) is 16.2 Å². The van der Waals surface area contributed by atoms with Crippen LogP contribution in [0.3, 0.4) is 0 Å². The van der Waals surface area contributed by atoms with Gasteiger partial charge in [-0.3, -0.25) is 0 Å². The summed E-state index contributed by atoms with van der Waals surface area (Å²) in [5.74, 6) is 0.564. The summed E-state index contributed by atoms with van der Waals surface area (Å²) < 4.78 is 1.97. The van der Waals surface area contributed by atoms with Crippen molar-refractivity contribution in [3.8, 4) is 11.3 Å². The number of hydrogen-bond donors (Lipinski definition) is 0. The number of fused-ring (bicyclic) bond motifs is 2. The minimum absolute atomic E-state index is 0.564. The summed E-state index contributed by atoms with van der Waals surface area (Å²) in [5, 5.41) is 5.98. The lowest BCUT2D eigenvalue weighted by Crippen LogP contribution is -2.02. The molecule has 0 unspecified atom stereocenters. The van der Waals surface area contributed by atoms with Gasteiger partial charge in [-0.1, -0.05) is 37.3 Å². The summed E-state index contributed by atoms with van der Waals surface area (Å²) in [5.41, 5.74) is 5.31. The maximum absolute atomic E-state index is 4.82. The Morgan fingerprint density at radius 3 is 2.65 bits per heavy atom. The minimum Gasteiger partial charge on any atom is -0.217 e. The molecule has 1 aromatic carbocycles. The molecule has 2 aromatic heterocycles. The number of imidazole rings is 1. The molecule has 0 saturated heterocycles. The van der Waals surface area contributed by atoms with Gasteiger partial charge in [0.05, 0.1) is 11.9 Å². The van der Waals surface area contributed by atoms with E-state index in [2.05, 4.69) is 38.2 Å². The van der Waals surface area contributed by atoms with E-state index in [1.807, 2.05) is 4.52 Å². The lowest BCUT2D eigenvalue weighted by atomic mass is 9.90. The molecule has 3 nitrogen and oxygen atoms in total. The van der Waals surface area contributed by atoms with Gasteiger partial charge in [-0.2, -0.15) is 5.10 Å². The van der Waals surface area contributed by atoms with Crippen LogP contribution in [0.4, 0.5) is 0 Å². The van der Waals surface area contributed by atoms with E-state index in [0.29, 0.717) is 5.92 Å². The van der Waals surface area contributed by atoms with E-state index < -0.39 is 0 Å². The molecule has 4 heteroatoms. The fourth-order valence-corrected chi connectivity index (χ4v) is 4.70. The molecule has 0 spiro atoms. The third-order valence-corrected chi connectivity index (χ3v) is 6.12. The Balaban J connectivity index is 1.68.